The molecule has 2 aromatic carbocycles. The molecular formula is C18H10ClF3N4O. The Hall–Kier alpha value is -3.31. The summed E-state index contributed by atoms with van der Waals surface area (Å²) in [5.41, 5.74) is -1.31. The monoisotopic (exact) mass is 390 g/mol. The maximum atomic E-state index is 13.6. The van der Waals surface area contributed by atoms with E-state index in [1.807, 2.05) is 6.07 Å². The third kappa shape index (κ3) is 3.78. The van der Waals surface area contributed by atoms with Gasteiger partial charge in [-0.15, -0.1) is 0 Å². The van der Waals surface area contributed by atoms with E-state index in [1.165, 1.54) is 30.3 Å². The number of benzene rings is 2. The first-order valence-electron chi connectivity index (χ1n) is 7.53. The lowest BCUT2D eigenvalue weighted by Crippen LogP contribution is -2.20. The van der Waals surface area contributed by atoms with Crippen LogP contribution >= 0.6 is 11.6 Å². The molecule has 9 heteroatoms. The van der Waals surface area contributed by atoms with Gasteiger partial charge in [0.2, 0.25) is 0 Å². The Morgan fingerprint density at radius 1 is 1.19 bits per heavy atom. The summed E-state index contributed by atoms with van der Waals surface area (Å²) in [5, 5.41) is 15.0. The first-order chi connectivity index (χ1) is 12.8. The molecule has 0 fully saturated rings. The highest BCUT2D eigenvalue weighted by Crippen LogP contribution is 2.34. The maximum absolute atomic E-state index is 13.6. The van der Waals surface area contributed by atoms with Crippen molar-refractivity contribution in [3.05, 3.63) is 76.6 Å². The van der Waals surface area contributed by atoms with E-state index in [0.29, 0.717) is 4.68 Å². The molecule has 5 nitrogen and oxygen atoms in total. The Bertz CT molecular complexity index is 1040. The largest absolute Gasteiger partial charge is 0.434 e. The van der Waals surface area contributed by atoms with Crippen LogP contribution in [-0.2, 0) is 6.18 Å². The Morgan fingerprint density at radius 3 is 2.48 bits per heavy atom. The van der Waals surface area contributed by atoms with Crippen LogP contribution in [0.25, 0.3) is 5.69 Å². The van der Waals surface area contributed by atoms with Gasteiger partial charge in [-0.2, -0.15) is 23.5 Å². The van der Waals surface area contributed by atoms with Gasteiger partial charge in [0.1, 0.15) is 6.07 Å². The number of nitriles is 1. The summed E-state index contributed by atoms with van der Waals surface area (Å²) in [6.45, 7) is 0. The van der Waals surface area contributed by atoms with Crippen LogP contribution in [0.5, 0.6) is 0 Å². The van der Waals surface area contributed by atoms with Crippen LogP contribution in [0.2, 0.25) is 5.02 Å². The Morgan fingerprint density at radius 2 is 1.89 bits per heavy atom. The highest BCUT2D eigenvalue weighted by atomic mass is 35.5. The summed E-state index contributed by atoms with van der Waals surface area (Å²) < 4.78 is 41.4. The average Bonchev–Trinajstić information content (AvgIpc) is 3.08. The molecule has 0 radical (unpaired) electrons. The predicted molar refractivity (Wildman–Crippen MR) is 92.7 cm³/mol. The van der Waals surface area contributed by atoms with E-state index in [0.717, 1.165) is 6.20 Å². The van der Waals surface area contributed by atoms with E-state index in [-0.39, 0.29) is 22.0 Å². The summed E-state index contributed by atoms with van der Waals surface area (Å²) in [6, 6.07) is 13.5. The highest BCUT2D eigenvalue weighted by molar-refractivity contribution is 6.32. The molecule has 0 saturated carbocycles. The van der Waals surface area contributed by atoms with Crippen molar-refractivity contribution in [1.82, 2.24) is 9.78 Å². The van der Waals surface area contributed by atoms with Gasteiger partial charge in [0.25, 0.3) is 5.91 Å². The number of alkyl halides is 3. The lowest BCUT2D eigenvalue weighted by molar-refractivity contribution is -0.143. The molecule has 0 aliphatic carbocycles. The Kier molecular flexibility index (Phi) is 4.88. The van der Waals surface area contributed by atoms with Crippen LogP contribution in [0.3, 0.4) is 0 Å². The number of halogens is 4. The second-order valence-corrected chi connectivity index (χ2v) is 5.82. The van der Waals surface area contributed by atoms with Gasteiger partial charge in [-0.1, -0.05) is 29.8 Å². The molecule has 136 valence electrons. The molecule has 0 spiro atoms. The second-order valence-electron chi connectivity index (χ2n) is 5.41. The van der Waals surface area contributed by atoms with E-state index in [4.69, 9.17) is 16.9 Å². The summed E-state index contributed by atoms with van der Waals surface area (Å²) in [6.07, 6.45) is -3.95. The zero-order valence-electron chi connectivity index (χ0n) is 13.5. The molecule has 1 N–H and O–H groups in total. The van der Waals surface area contributed by atoms with Gasteiger partial charge < -0.3 is 5.32 Å². The summed E-state index contributed by atoms with van der Waals surface area (Å²) in [4.78, 5) is 12.4. The number of para-hydroxylation sites is 1. The number of anilines is 1. The van der Waals surface area contributed by atoms with Crippen LogP contribution in [0, 0.1) is 11.3 Å². The topological polar surface area (TPSA) is 70.7 Å². The summed E-state index contributed by atoms with van der Waals surface area (Å²) in [5.74, 6) is -0.995. The molecule has 0 unspecified atom stereocenters. The molecule has 3 aromatic rings. The van der Waals surface area contributed by atoms with Crippen molar-refractivity contribution in [3.8, 4) is 11.8 Å². The molecule has 1 heterocycles. The minimum Gasteiger partial charge on any atom is -0.322 e. The fourth-order valence-electron chi connectivity index (χ4n) is 2.43. The number of nitrogens with zero attached hydrogens (tertiary/aromatic N) is 3. The number of aromatic nitrogens is 2. The molecule has 0 aliphatic rings. The van der Waals surface area contributed by atoms with Gasteiger partial charge >= 0.3 is 6.18 Å². The van der Waals surface area contributed by atoms with Crippen molar-refractivity contribution < 1.29 is 18.0 Å². The van der Waals surface area contributed by atoms with E-state index in [1.54, 1.807) is 18.2 Å². The van der Waals surface area contributed by atoms with Gasteiger partial charge in [0, 0.05) is 5.69 Å². The number of hydrogen-bond acceptors (Lipinski definition) is 3. The van der Waals surface area contributed by atoms with Crippen molar-refractivity contribution in [3.63, 3.8) is 0 Å². The van der Waals surface area contributed by atoms with Gasteiger partial charge in [0.05, 0.1) is 28.0 Å². The lowest BCUT2D eigenvalue weighted by atomic mass is 10.2. The fraction of sp³-hybridized carbons (Fsp3) is 0.0556. The minimum atomic E-state index is -4.80. The molecule has 0 saturated heterocycles. The molecule has 0 aliphatic heterocycles. The molecule has 0 atom stereocenters. The van der Waals surface area contributed by atoms with Gasteiger partial charge in [-0.3, -0.25) is 4.79 Å². The first-order valence-corrected chi connectivity index (χ1v) is 7.90. The van der Waals surface area contributed by atoms with Crippen LogP contribution in [0.4, 0.5) is 18.9 Å². The van der Waals surface area contributed by atoms with Gasteiger partial charge in [-0.05, 0) is 30.3 Å². The van der Waals surface area contributed by atoms with Crippen molar-refractivity contribution in [2.75, 3.05) is 5.32 Å². The van der Waals surface area contributed by atoms with E-state index in [9.17, 15) is 18.0 Å². The third-order valence-corrected chi connectivity index (χ3v) is 3.94. The normalized spacial score (nSPS) is 11.1. The summed E-state index contributed by atoms with van der Waals surface area (Å²) >= 11 is 5.88. The van der Waals surface area contributed by atoms with Crippen LogP contribution in [0.1, 0.15) is 21.6 Å². The van der Waals surface area contributed by atoms with E-state index < -0.39 is 23.3 Å². The second kappa shape index (κ2) is 7.13. The molecule has 0 bridgehead atoms. The van der Waals surface area contributed by atoms with Gasteiger partial charge in [-0.25, -0.2) is 4.68 Å². The van der Waals surface area contributed by atoms with Crippen molar-refractivity contribution in [2.24, 2.45) is 0 Å². The highest BCUT2D eigenvalue weighted by Gasteiger charge is 2.40. The zero-order valence-corrected chi connectivity index (χ0v) is 14.2. The zero-order chi connectivity index (χ0) is 19.6. The molecule has 1 aromatic heterocycles. The van der Waals surface area contributed by atoms with Crippen LogP contribution in [0.15, 0.2) is 54.7 Å². The van der Waals surface area contributed by atoms with E-state index >= 15 is 0 Å². The lowest BCUT2D eigenvalue weighted by Gasteiger charge is -2.13. The quantitative estimate of drug-likeness (QED) is 0.706. The van der Waals surface area contributed by atoms with Gasteiger partial charge in [0.15, 0.2) is 5.69 Å². The maximum Gasteiger partial charge on any atom is 0.434 e. The van der Waals surface area contributed by atoms with Crippen molar-refractivity contribution in [1.29, 1.82) is 5.26 Å². The average molecular weight is 391 g/mol. The van der Waals surface area contributed by atoms with E-state index in [2.05, 4.69) is 10.4 Å². The predicted octanol–water partition coefficient (Wildman–Crippen LogP) is 4.67. The number of carbonyl (C=O) groups excluding carboxylic acids is 1. The molecule has 3 rings (SSSR count). The standard InChI is InChI=1S/C18H10ClF3N4O/c19-15-8-12(7-6-11(15)9-23)25-17(27)14-10-24-26(16(14)18(20,21)22)13-4-2-1-3-5-13/h1-8,10H,(H,25,27). The van der Waals surface area contributed by atoms with Crippen molar-refractivity contribution >= 4 is 23.2 Å². The first kappa shape index (κ1) is 18.5. The van der Waals surface area contributed by atoms with Crippen LogP contribution < -0.4 is 5.32 Å². The number of amides is 1. The van der Waals surface area contributed by atoms with Crippen LogP contribution in [-0.4, -0.2) is 15.7 Å². The third-order valence-electron chi connectivity index (χ3n) is 3.63. The Labute approximate surface area is 156 Å². The number of rotatable bonds is 3. The SMILES string of the molecule is N#Cc1ccc(NC(=O)c2cnn(-c3ccccc3)c2C(F)(F)F)cc1Cl. The number of carbonyl (C=O) groups is 1. The molecular weight excluding hydrogens is 381 g/mol. The molecule has 1 amide bonds. The molecule has 27 heavy (non-hydrogen) atoms. The summed E-state index contributed by atoms with van der Waals surface area (Å²) in [7, 11) is 0. The number of nitrogens with one attached hydrogen (secondary N) is 1. The Balaban J connectivity index is 1.99. The fourth-order valence-corrected chi connectivity index (χ4v) is 2.66. The number of hydrogen-bond donors (Lipinski definition) is 1. The smallest absolute Gasteiger partial charge is 0.322 e. The van der Waals surface area contributed by atoms with Crippen molar-refractivity contribution in [2.45, 2.75) is 6.18 Å². The minimum absolute atomic E-state index is 0.0753.